The molecule has 1 amide bonds. The molecule has 2 aliphatic rings. The zero-order chi connectivity index (χ0) is 17.8. The number of nitrogens with zero attached hydrogens (tertiary/aromatic N) is 3. The van der Waals surface area contributed by atoms with Crippen molar-refractivity contribution in [3.63, 3.8) is 0 Å². The van der Waals surface area contributed by atoms with Crippen molar-refractivity contribution in [2.75, 3.05) is 51.2 Å². The number of halogens is 2. The summed E-state index contributed by atoms with van der Waals surface area (Å²) in [5, 5.41) is 0.147. The summed E-state index contributed by atoms with van der Waals surface area (Å²) in [6.45, 7) is 5.27. The molecule has 6 heteroatoms. The molecule has 0 aliphatic carbocycles. The second-order valence-electron chi connectivity index (χ2n) is 7.28. The molecule has 1 atom stereocenters. The smallest absolute Gasteiger partial charge is 0.222 e. The van der Waals surface area contributed by atoms with Gasteiger partial charge < -0.3 is 14.7 Å². The highest BCUT2D eigenvalue weighted by Gasteiger charge is 2.23. The van der Waals surface area contributed by atoms with Gasteiger partial charge >= 0.3 is 0 Å². The Morgan fingerprint density at radius 2 is 2.00 bits per heavy atom. The average Bonchev–Trinajstić information content (AvgIpc) is 2.62. The van der Waals surface area contributed by atoms with Crippen LogP contribution in [0.1, 0.15) is 25.7 Å². The van der Waals surface area contributed by atoms with Gasteiger partial charge in [-0.1, -0.05) is 11.6 Å². The van der Waals surface area contributed by atoms with E-state index in [1.54, 1.807) is 12.1 Å². The second kappa shape index (κ2) is 8.37. The summed E-state index contributed by atoms with van der Waals surface area (Å²) in [4.78, 5) is 19.0. The number of hydrogen-bond donors (Lipinski definition) is 0. The maximum Gasteiger partial charge on any atom is 0.222 e. The molecule has 1 unspecified atom stereocenters. The molecule has 2 fully saturated rings. The van der Waals surface area contributed by atoms with Crippen LogP contribution in [0.3, 0.4) is 0 Å². The van der Waals surface area contributed by atoms with Gasteiger partial charge in [0, 0.05) is 44.8 Å². The highest BCUT2D eigenvalue weighted by atomic mass is 35.5. The monoisotopic (exact) mass is 367 g/mol. The Hall–Kier alpha value is -1.33. The highest BCUT2D eigenvalue weighted by molar-refractivity contribution is 6.31. The number of anilines is 1. The molecule has 0 bridgehead atoms. The topological polar surface area (TPSA) is 26.8 Å². The van der Waals surface area contributed by atoms with Crippen LogP contribution in [-0.4, -0.2) is 62.0 Å². The molecule has 2 aliphatic heterocycles. The van der Waals surface area contributed by atoms with Crippen molar-refractivity contribution in [3.05, 3.63) is 29.0 Å². The van der Waals surface area contributed by atoms with Crippen LogP contribution < -0.4 is 4.90 Å². The lowest BCUT2D eigenvalue weighted by Crippen LogP contribution is -2.49. The molecule has 0 aromatic heterocycles. The first-order valence-corrected chi connectivity index (χ1v) is 9.57. The fourth-order valence-electron chi connectivity index (χ4n) is 3.89. The van der Waals surface area contributed by atoms with Gasteiger partial charge in [-0.25, -0.2) is 4.39 Å². The van der Waals surface area contributed by atoms with Crippen LogP contribution in [0.2, 0.25) is 5.02 Å². The summed E-state index contributed by atoms with van der Waals surface area (Å²) in [5.74, 6) is 0.531. The zero-order valence-electron chi connectivity index (χ0n) is 14.9. The Morgan fingerprint density at radius 1 is 1.24 bits per heavy atom. The van der Waals surface area contributed by atoms with Gasteiger partial charge in [0.05, 0.1) is 5.02 Å². The fraction of sp³-hybridized carbons (Fsp3) is 0.632. The summed E-state index contributed by atoms with van der Waals surface area (Å²) >= 11 is 5.87. The third-order valence-corrected chi connectivity index (χ3v) is 5.68. The van der Waals surface area contributed by atoms with Crippen LogP contribution in [0.5, 0.6) is 0 Å². The van der Waals surface area contributed by atoms with E-state index in [2.05, 4.69) is 16.8 Å². The Labute approximate surface area is 154 Å². The fourth-order valence-corrected chi connectivity index (χ4v) is 4.07. The quantitative estimate of drug-likeness (QED) is 0.817. The van der Waals surface area contributed by atoms with E-state index in [0.717, 1.165) is 44.8 Å². The molecular formula is C19H27ClFN3O. The second-order valence-corrected chi connectivity index (χ2v) is 7.68. The summed E-state index contributed by atoms with van der Waals surface area (Å²) in [5.41, 5.74) is 0.920. The van der Waals surface area contributed by atoms with Crippen LogP contribution in [0.4, 0.5) is 10.1 Å². The number of piperazine rings is 1. The number of piperidine rings is 1. The lowest BCUT2D eigenvalue weighted by molar-refractivity contribution is -0.131. The number of rotatable bonds is 4. The van der Waals surface area contributed by atoms with Crippen LogP contribution in [0.25, 0.3) is 0 Å². The minimum Gasteiger partial charge on any atom is -0.368 e. The van der Waals surface area contributed by atoms with Crippen LogP contribution in [-0.2, 0) is 4.79 Å². The third kappa shape index (κ3) is 4.85. The van der Waals surface area contributed by atoms with Gasteiger partial charge in [0.25, 0.3) is 0 Å². The van der Waals surface area contributed by atoms with Gasteiger partial charge in [-0.15, -0.1) is 0 Å². The first-order valence-electron chi connectivity index (χ1n) is 9.19. The lowest BCUT2D eigenvalue weighted by Gasteiger charge is -2.36. The summed E-state index contributed by atoms with van der Waals surface area (Å²) in [6, 6.07) is 4.81. The molecule has 0 radical (unpaired) electrons. The van der Waals surface area contributed by atoms with Crippen molar-refractivity contribution in [2.24, 2.45) is 5.92 Å². The molecular weight excluding hydrogens is 341 g/mol. The molecule has 0 saturated carbocycles. The number of carbonyl (C=O) groups excluding carboxylic acids is 1. The van der Waals surface area contributed by atoms with E-state index in [0.29, 0.717) is 12.3 Å². The maximum atomic E-state index is 13.3. The van der Waals surface area contributed by atoms with E-state index in [9.17, 15) is 9.18 Å². The molecule has 25 heavy (non-hydrogen) atoms. The number of carbonyl (C=O) groups is 1. The first-order chi connectivity index (χ1) is 12.0. The van der Waals surface area contributed by atoms with E-state index in [-0.39, 0.29) is 10.9 Å². The zero-order valence-corrected chi connectivity index (χ0v) is 15.6. The third-order valence-electron chi connectivity index (χ3n) is 5.39. The van der Waals surface area contributed by atoms with Crippen LogP contribution in [0.15, 0.2) is 18.2 Å². The first kappa shape index (κ1) is 18.5. The molecule has 3 rings (SSSR count). The van der Waals surface area contributed by atoms with Crippen molar-refractivity contribution in [1.29, 1.82) is 0 Å². The van der Waals surface area contributed by atoms with E-state index < -0.39 is 5.82 Å². The van der Waals surface area contributed by atoms with Crippen molar-refractivity contribution in [3.8, 4) is 0 Å². The molecule has 138 valence electrons. The molecule has 2 saturated heterocycles. The predicted molar refractivity (Wildman–Crippen MR) is 99.7 cm³/mol. The van der Waals surface area contributed by atoms with Gasteiger partial charge in [-0.3, -0.25) is 4.79 Å². The summed E-state index contributed by atoms with van der Waals surface area (Å²) < 4.78 is 13.3. The Bertz CT molecular complexity index is 604. The lowest BCUT2D eigenvalue weighted by atomic mass is 9.93. The van der Waals surface area contributed by atoms with E-state index in [1.165, 1.54) is 25.5 Å². The average molecular weight is 368 g/mol. The maximum absolute atomic E-state index is 13.3. The van der Waals surface area contributed by atoms with Crippen molar-refractivity contribution in [2.45, 2.75) is 25.7 Å². The molecule has 1 aromatic rings. The van der Waals surface area contributed by atoms with Gasteiger partial charge in [-0.05, 0) is 57.0 Å². The number of benzene rings is 1. The predicted octanol–water partition coefficient (Wildman–Crippen LogP) is 3.25. The van der Waals surface area contributed by atoms with E-state index >= 15 is 0 Å². The Kier molecular flexibility index (Phi) is 6.18. The summed E-state index contributed by atoms with van der Waals surface area (Å²) in [7, 11) is 2.16. The molecule has 0 spiro atoms. The van der Waals surface area contributed by atoms with Gasteiger partial charge in [0.2, 0.25) is 5.91 Å². The Balaban J connectivity index is 1.45. The van der Waals surface area contributed by atoms with E-state index in [4.69, 9.17) is 11.6 Å². The number of amides is 1. The van der Waals surface area contributed by atoms with Crippen LogP contribution in [0, 0.1) is 11.7 Å². The Morgan fingerprint density at radius 3 is 2.68 bits per heavy atom. The van der Waals surface area contributed by atoms with Gasteiger partial charge in [0.15, 0.2) is 0 Å². The minimum atomic E-state index is -0.396. The van der Waals surface area contributed by atoms with Crippen molar-refractivity contribution in [1.82, 2.24) is 9.80 Å². The standard InChI is InChI=1S/C19H27ClFN3O/c1-22-8-2-3-15(14-22)4-7-19(25)24-11-9-23(10-12-24)16-5-6-18(21)17(20)13-16/h5-6,13,15H,2-4,7-12,14H2,1H3. The molecule has 0 N–H and O–H groups in total. The summed E-state index contributed by atoms with van der Waals surface area (Å²) in [6.07, 6.45) is 4.14. The number of hydrogen-bond acceptors (Lipinski definition) is 3. The van der Waals surface area contributed by atoms with Gasteiger partial charge in [0.1, 0.15) is 5.82 Å². The highest BCUT2D eigenvalue weighted by Crippen LogP contribution is 2.24. The van der Waals surface area contributed by atoms with Crippen molar-refractivity contribution < 1.29 is 9.18 Å². The SMILES string of the molecule is CN1CCCC(CCC(=O)N2CCN(c3ccc(F)c(Cl)c3)CC2)C1. The molecule has 1 aromatic carbocycles. The van der Waals surface area contributed by atoms with Crippen LogP contribution >= 0.6 is 11.6 Å². The number of likely N-dealkylation sites (tertiary alicyclic amines) is 1. The van der Waals surface area contributed by atoms with Crippen molar-refractivity contribution >= 4 is 23.2 Å². The van der Waals surface area contributed by atoms with E-state index in [1.807, 2.05) is 4.90 Å². The largest absolute Gasteiger partial charge is 0.368 e. The van der Waals surface area contributed by atoms with Gasteiger partial charge in [-0.2, -0.15) is 0 Å². The normalized spacial score (nSPS) is 22.3. The minimum absolute atomic E-state index is 0.147. The molecule has 2 heterocycles. The molecule has 4 nitrogen and oxygen atoms in total.